The minimum atomic E-state index is -0.0192. The molecule has 0 saturated carbocycles. The molecule has 0 aliphatic carbocycles. The summed E-state index contributed by atoms with van der Waals surface area (Å²) >= 11 is 5.81. The average molecular weight is 326 g/mol. The van der Waals surface area contributed by atoms with E-state index in [2.05, 4.69) is 6.07 Å². The van der Waals surface area contributed by atoms with E-state index in [1.165, 1.54) is 0 Å². The fourth-order valence-electron chi connectivity index (χ4n) is 2.99. The van der Waals surface area contributed by atoms with Crippen LogP contribution in [0.25, 0.3) is 0 Å². The molecule has 2 atom stereocenters. The molecule has 0 aromatic heterocycles. The van der Waals surface area contributed by atoms with Crippen molar-refractivity contribution in [2.75, 3.05) is 19.6 Å². The van der Waals surface area contributed by atoms with Gasteiger partial charge in [-0.25, -0.2) is 0 Å². The molecule has 1 aromatic carbocycles. The molecule has 1 aliphatic heterocycles. The smallest absolute Gasteiger partial charge is 0.238 e. The van der Waals surface area contributed by atoms with Crippen LogP contribution in [0.4, 0.5) is 0 Å². The molecular weight excluding hydrogens is 302 g/mol. The highest BCUT2D eigenvalue weighted by atomic mass is 35.5. The zero-order valence-electron chi connectivity index (χ0n) is 13.5. The SMILES string of the molecule is COc1ccc(CN(C(=O)CCl)C2CCOC(C)C2)cc1C. The Bertz CT molecular complexity index is 521. The van der Waals surface area contributed by atoms with E-state index in [-0.39, 0.29) is 23.9 Å². The van der Waals surface area contributed by atoms with E-state index >= 15 is 0 Å². The van der Waals surface area contributed by atoms with Gasteiger partial charge in [-0.15, -0.1) is 11.6 Å². The largest absolute Gasteiger partial charge is 0.496 e. The Morgan fingerprint density at radius 3 is 2.86 bits per heavy atom. The van der Waals surface area contributed by atoms with Gasteiger partial charge in [0.1, 0.15) is 11.6 Å². The highest BCUT2D eigenvalue weighted by Gasteiger charge is 2.28. The minimum Gasteiger partial charge on any atom is -0.496 e. The summed E-state index contributed by atoms with van der Waals surface area (Å²) in [6, 6.07) is 6.21. The third-order valence-electron chi connectivity index (χ3n) is 4.15. The molecule has 1 heterocycles. The van der Waals surface area contributed by atoms with Crippen LogP contribution in [-0.4, -0.2) is 42.5 Å². The highest BCUT2D eigenvalue weighted by molar-refractivity contribution is 6.27. The van der Waals surface area contributed by atoms with Gasteiger partial charge in [-0.05, 0) is 43.9 Å². The molecular formula is C17H24ClNO3. The highest BCUT2D eigenvalue weighted by Crippen LogP contribution is 2.24. The van der Waals surface area contributed by atoms with Gasteiger partial charge in [0.15, 0.2) is 0 Å². The molecule has 122 valence electrons. The van der Waals surface area contributed by atoms with E-state index in [1.807, 2.05) is 30.9 Å². The van der Waals surface area contributed by atoms with Crippen LogP contribution in [0.5, 0.6) is 5.75 Å². The first-order valence-corrected chi connectivity index (χ1v) is 8.19. The molecule has 1 fully saturated rings. The maximum absolute atomic E-state index is 12.3. The third-order valence-corrected chi connectivity index (χ3v) is 4.37. The Kier molecular flexibility index (Phi) is 6.09. The maximum atomic E-state index is 12.3. The molecule has 0 radical (unpaired) electrons. The predicted octanol–water partition coefficient (Wildman–Crippen LogP) is 3.14. The zero-order valence-corrected chi connectivity index (χ0v) is 14.2. The number of hydrogen-bond acceptors (Lipinski definition) is 3. The van der Waals surface area contributed by atoms with Gasteiger partial charge < -0.3 is 14.4 Å². The number of carbonyl (C=O) groups is 1. The van der Waals surface area contributed by atoms with Crippen LogP contribution >= 0.6 is 11.6 Å². The van der Waals surface area contributed by atoms with Crippen molar-refractivity contribution in [3.05, 3.63) is 29.3 Å². The first-order valence-electron chi connectivity index (χ1n) is 7.65. The lowest BCUT2D eigenvalue weighted by Gasteiger charge is -2.36. The number of alkyl halides is 1. The maximum Gasteiger partial charge on any atom is 0.238 e. The van der Waals surface area contributed by atoms with Crippen molar-refractivity contribution in [2.24, 2.45) is 0 Å². The van der Waals surface area contributed by atoms with Crippen LogP contribution < -0.4 is 4.74 Å². The summed E-state index contributed by atoms with van der Waals surface area (Å²) < 4.78 is 10.9. The predicted molar refractivity (Wildman–Crippen MR) is 87.4 cm³/mol. The Hall–Kier alpha value is -1.26. The lowest BCUT2D eigenvalue weighted by atomic mass is 10.0. The molecule has 0 N–H and O–H groups in total. The van der Waals surface area contributed by atoms with Gasteiger partial charge in [0.2, 0.25) is 5.91 Å². The van der Waals surface area contributed by atoms with E-state index in [4.69, 9.17) is 21.1 Å². The van der Waals surface area contributed by atoms with Gasteiger partial charge in [-0.1, -0.05) is 12.1 Å². The van der Waals surface area contributed by atoms with Crippen LogP contribution in [0.2, 0.25) is 0 Å². The molecule has 2 rings (SSSR count). The standard InChI is InChI=1S/C17H24ClNO3/c1-12-8-14(4-5-16(12)21-3)11-19(17(20)10-18)15-6-7-22-13(2)9-15/h4-5,8,13,15H,6-7,9-11H2,1-3H3. The number of benzene rings is 1. The second-order valence-electron chi connectivity index (χ2n) is 5.82. The Morgan fingerprint density at radius 1 is 1.50 bits per heavy atom. The fraction of sp³-hybridized carbons (Fsp3) is 0.588. The molecule has 2 unspecified atom stereocenters. The van der Waals surface area contributed by atoms with Gasteiger partial charge in [-0.3, -0.25) is 4.79 Å². The van der Waals surface area contributed by atoms with Crippen molar-refractivity contribution < 1.29 is 14.3 Å². The first-order chi connectivity index (χ1) is 10.5. The summed E-state index contributed by atoms with van der Waals surface area (Å²) in [4.78, 5) is 14.2. The van der Waals surface area contributed by atoms with E-state index in [0.717, 1.165) is 29.7 Å². The number of halogens is 1. The number of hydrogen-bond donors (Lipinski definition) is 0. The molecule has 0 spiro atoms. The fourth-order valence-corrected chi connectivity index (χ4v) is 3.14. The molecule has 1 saturated heterocycles. The van der Waals surface area contributed by atoms with Crippen LogP contribution in [0.1, 0.15) is 30.9 Å². The average Bonchev–Trinajstić information content (AvgIpc) is 2.52. The number of nitrogens with zero attached hydrogens (tertiary/aromatic N) is 1. The summed E-state index contributed by atoms with van der Waals surface area (Å²) in [6.45, 7) is 5.33. The molecule has 1 aliphatic rings. The molecule has 1 aromatic rings. The zero-order chi connectivity index (χ0) is 16.1. The van der Waals surface area contributed by atoms with Gasteiger partial charge in [0.25, 0.3) is 0 Å². The molecule has 4 nitrogen and oxygen atoms in total. The van der Waals surface area contributed by atoms with Crippen molar-refractivity contribution in [1.29, 1.82) is 0 Å². The normalized spacial score (nSPS) is 21.5. The summed E-state index contributed by atoms with van der Waals surface area (Å²) in [7, 11) is 1.66. The summed E-state index contributed by atoms with van der Waals surface area (Å²) in [6.07, 6.45) is 1.90. The van der Waals surface area contributed by atoms with Crippen molar-refractivity contribution in [1.82, 2.24) is 4.90 Å². The van der Waals surface area contributed by atoms with Crippen LogP contribution in [0.15, 0.2) is 18.2 Å². The molecule has 1 amide bonds. The van der Waals surface area contributed by atoms with Crippen molar-refractivity contribution in [3.63, 3.8) is 0 Å². The van der Waals surface area contributed by atoms with Crippen molar-refractivity contribution in [3.8, 4) is 5.75 Å². The summed E-state index contributed by atoms with van der Waals surface area (Å²) in [5, 5.41) is 0. The monoisotopic (exact) mass is 325 g/mol. The van der Waals surface area contributed by atoms with E-state index in [1.54, 1.807) is 7.11 Å². The third kappa shape index (κ3) is 4.14. The molecule has 22 heavy (non-hydrogen) atoms. The van der Waals surface area contributed by atoms with Crippen molar-refractivity contribution in [2.45, 2.75) is 45.4 Å². The number of methoxy groups -OCH3 is 1. The van der Waals surface area contributed by atoms with Gasteiger partial charge in [0, 0.05) is 19.2 Å². The van der Waals surface area contributed by atoms with Crippen LogP contribution in [-0.2, 0) is 16.1 Å². The molecule has 5 heteroatoms. The number of carbonyl (C=O) groups excluding carboxylic acids is 1. The summed E-state index contributed by atoms with van der Waals surface area (Å²) in [5.74, 6) is 0.855. The van der Waals surface area contributed by atoms with E-state index < -0.39 is 0 Å². The number of amides is 1. The quantitative estimate of drug-likeness (QED) is 0.781. The summed E-state index contributed by atoms with van der Waals surface area (Å²) in [5.41, 5.74) is 2.16. The Labute approximate surface area is 137 Å². The minimum absolute atomic E-state index is 0.0148. The van der Waals surface area contributed by atoms with Gasteiger partial charge in [-0.2, -0.15) is 0 Å². The van der Waals surface area contributed by atoms with E-state index in [0.29, 0.717) is 13.2 Å². The van der Waals surface area contributed by atoms with Gasteiger partial charge in [0.05, 0.1) is 13.2 Å². The number of rotatable bonds is 5. The van der Waals surface area contributed by atoms with Crippen LogP contribution in [0, 0.1) is 6.92 Å². The Balaban J connectivity index is 2.16. The number of ether oxygens (including phenoxy) is 2. The van der Waals surface area contributed by atoms with Gasteiger partial charge >= 0.3 is 0 Å². The lowest BCUT2D eigenvalue weighted by Crippen LogP contribution is -2.45. The Morgan fingerprint density at radius 2 is 2.27 bits per heavy atom. The second-order valence-corrected chi connectivity index (χ2v) is 6.09. The second kappa shape index (κ2) is 7.84. The van der Waals surface area contributed by atoms with Crippen LogP contribution in [0.3, 0.4) is 0 Å². The number of aryl methyl sites for hydroxylation is 1. The molecule has 0 bridgehead atoms. The van der Waals surface area contributed by atoms with Crippen molar-refractivity contribution >= 4 is 17.5 Å². The first kappa shape index (κ1) is 17.1. The topological polar surface area (TPSA) is 38.8 Å². The lowest BCUT2D eigenvalue weighted by molar-refractivity contribution is -0.134. The van der Waals surface area contributed by atoms with E-state index in [9.17, 15) is 4.79 Å².